The lowest BCUT2D eigenvalue weighted by Gasteiger charge is -2.33. The lowest BCUT2D eigenvalue weighted by Crippen LogP contribution is -2.47. The van der Waals surface area contributed by atoms with E-state index in [4.69, 9.17) is 5.73 Å². The van der Waals surface area contributed by atoms with Crippen molar-refractivity contribution in [2.24, 2.45) is 12.8 Å². The van der Waals surface area contributed by atoms with Gasteiger partial charge in [-0.3, -0.25) is 4.68 Å². The molecule has 1 aliphatic heterocycles. The van der Waals surface area contributed by atoms with Crippen molar-refractivity contribution in [2.75, 3.05) is 13.1 Å². The van der Waals surface area contributed by atoms with E-state index in [0.717, 1.165) is 19.3 Å². The van der Waals surface area contributed by atoms with Gasteiger partial charge in [-0.2, -0.15) is 9.40 Å². The Balaban J connectivity index is 2.38. The Morgan fingerprint density at radius 2 is 2.22 bits per heavy atom. The lowest BCUT2D eigenvalue weighted by atomic mass is 10.1. The van der Waals surface area contributed by atoms with Crippen LogP contribution in [-0.4, -0.2) is 41.6 Å². The van der Waals surface area contributed by atoms with E-state index in [0.29, 0.717) is 23.7 Å². The van der Waals surface area contributed by atoms with Crippen molar-refractivity contribution < 1.29 is 8.42 Å². The first kappa shape index (κ1) is 13.5. The molecule has 1 atom stereocenters. The largest absolute Gasteiger partial charge is 0.329 e. The quantitative estimate of drug-likeness (QED) is 0.854. The molecule has 1 aliphatic rings. The normalized spacial score (nSPS) is 22.3. The Morgan fingerprint density at radius 3 is 2.78 bits per heavy atom. The summed E-state index contributed by atoms with van der Waals surface area (Å²) in [6.07, 6.45) is 4.21. The summed E-state index contributed by atoms with van der Waals surface area (Å²) in [5.41, 5.74) is 6.35. The van der Waals surface area contributed by atoms with Crippen LogP contribution in [0.3, 0.4) is 0 Å². The molecule has 0 aliphatic carbocycles. The molecule has 0 spiro atoms. The molecule has 1 saturated heterocycles. The zero-order valence-corrected chi connectivity index (χ0v) is 11.7. The summed E-state index contributed by atoms with van der Waals surface area (Å²) in [5.74, 6) is 0. The highest BCUT2D eigenvalue weighted by molar-refractivity contribution is 7.89. The molecule has 0 saturated carbocycles. The number of nitrogens with zero attached hydrogens (tertiary/aromatic N) is 3. The third-order valence-corrected chi connectivity index (χ3v) is 5.68. The molecule has 0 amide bonds. The number of sulfonamides is 1. The van der Waals surface area contributed by atoms with Crippen LogP contribution in [0.1, 0.15) is 25.0 Å². The van der Waals surface area contributed by atoms with E-state index in [1.807, 2.05) is 0 Å². The van der Waals surface area contributed by atoms with Gasteiger partial charge in [-0.05, 0) is 19.8 Å². The molecule has 18 heavy (non-hydrogen) atoms. The molecule has 1 unspecified atom stereocenters. The van der Waals surface area contributed by atoms with Crippen LogP contribution in [0.5, 0.6) is 0 Å². The molecular weight excluding hydrogens is 252 g/mol. The molecule has 1 aromatic heterocycles. The first-order valence-electron chi connectivity index (χ1n) is 6.19. The van der Waals surface area contributed by atoms with Crippen molar-refractivity contribution in [2.45, 2.75) is 37.1 Å². The van der Waals surface area contributed by atoms with Crippen molar-refractivity contribution in [3.63, 3.8) is 0 Å². The van der Waals surface area contributed by atoms with Gasteiger partial charge in [0.2, 0.25) is 10.0 Å². The first-order valence-corrected chi connectivity index (χ1v) is 7.63. The van der Waals surface area contributed by atoms with Crippen molar-refractivity contribution in [3.05, 3.63) is 11.9 Å². The average Bonchev–Trinajstić information content (AvgIpc) is 2.70. The SMILES string of the molecule is Cc1c(S(=O)(=O)N2CCCCC2CN)cnn1C. The Morgan fingerprint density at radius 1 is 1.50 bits per heavy atom. The molecule has 6 nitrogen and oxygen atoms in total. The predicted octanol–water partition coefficient (Wildman–Crippen LogP) is 0.230. The van der Waals surface area contributed by atoms with Crippen LogP contribution >= 0.6 is 0 Å². The molecule has 0 radical (unpaired) electrons. The predicted molar refractivity (Wildman–Crippen MR) is 68.5 cm³/mol. The fourth-order valence-electron chi connectivity index (χ4n) is 2.38. The standard InChI is InChI=1S/C11H20N4O2S/c1-9-11(8-13-14(9)2)18(16,17)15-6-4-3-5-10(15)7-12/h8,10H,3-7,12H2,1-2H3. The van der Waals surface area contributed by atoms with Crippen molar-refractivity contribution in [3.8, 4) is 0 Å². The van der Waals surface area contributed by atoms with Crippen molar-refractivity contribution >= 4 is 10.0 Å². The lowest BCUT2D eigenvalue weighted by molar-refractivity contribution is 0.257. The number of aryl methyl sites for hydroxylation is 1. The average molecular weight is 272 g/mol. The summed E-state index contributed by atoms with van der Waals surface area (Å²) in [6.45, 7) is 2.69. The van der Waals surface area contributed by atoms with E-state index in [1.54, 1.807) is 23.0 Å². The van der Waals surface area contributed by atoms with Gasteiger partial charge >= 0.3 is 0 Å². The van der Waals surface area contributed by atoms with Crippen LogP contribution in [0.15, 0.2) is 11.1 Å². The summed E-state index contributed by atoms with van der Waals surface area (Å²) in [6, 6.07) is -0.0802. The van der Waals surface area contributed by atoms with E-state index >= 15 is 0 Å². The number of hydrogen-bond donors (Lipinski definition) is 1. The Hall–Kier alpha value is -0.920. The molecule has 2 heterocycles. The molecule has 1 aromatic rings. The van der Waals surface area contributed by atoms with Crippen LogP contribution < -0.4 is 5.73 Å². The zero-order valence-electron chi connectivity index (χ0n) is 10.8. The van der Waals surface area contributed by atoms with Crippen LogP contribution in [0.2, 0.25) is 0 Å². The minimum Gasteiger partial charge on any atom is -0.329 e. The van der Waals surface area contributed by atoms with Crippen LogP contribution in [-0.2, 0) is 17.1 Å². The van der Waals surface area contributed by atoms with Gasteiger partial charge in [0.15, 0.2) is 0 Å². The fourth-order valence-corrected chi connectivity index (χ4v) is 4.28. The Bertz CT molecular complexity index is 523. The minimum absolute atomic E-state index is 0.0802. The van der Waals surface area contributed by atoms with Crippen molar-refractivity contribution in [1.82, 2.24) is 14.1 Å². The number of rotatable bonds is 3. The van der Waals surface area contributed by atoms with Gasteiger partial charge in [0.1, 0.15) is 4.90 Å². The maximum atomic E-state index is 12.6. The van der Waals surface area contributed by atoms with Gasteiger partial charge in [0.05, 0.1) is 11.9 Å². The van der Waals surface area contributed by atoms with Gasteiger partial charge in [-0.1, -0.05) is 6.42 Å². The second-order valence-electron chi connectivity index (χ2n) is 4.72. The molecule has 7 heteroatoms. The smallest absolute Gasteiger partial charge is 0.246 e. The highest BCUT2D eigenvalue weighted by Crippen LogP contribution is 2.26. The van der Waals surface area contributed by atoms with Crippen LogP contribution in [0, 0.1) is 6.92 Å². The summed E-state index contributed by atoms with van der Waals surface area (Å²) in [5, 5.41) is 4.01. The van der Waals surface area contributed by atoms with E-state index in [-0.39, 0.29) is 6.04 Å². The molecule has 0 bridgehead atoms. The van der Waals surface area contributed by atoms with Gasteiger partial charge in [0.25, 0.3) is 0 Å². The Labute approximate surface area is 108 Å². The van der Waals surface area contributed by atoms with Crippen molar-refractivity contribution in [1.29, 1.82) is 0 Å². The molecular formula is C11H20N4O2S. The van der Waals surface area contributed by atoms with E-state index in [9.17, 15) is 8.42 Å². The molecule has 102 valence electrons. The molecule has 2 rings (SSSR count). The summed E-state index contributed by atoms with van der Waals surface area (Å²) < 4.78 is 28.3. The van der Waals surface area contributed by atoms with Crippen LogP contribution in [0.25, 0.3) is 0 Å². The monoisotopic (exact) mass is 272 g/mol. The second kappa shape index (κ2) is 4.99. The third kappa shape index (κ3) is 2.17. The number of piperidine rings is 1. The fraction of sp³-hybridized carbons (Fsp3) is 0.727. The third-order valence-electron chi connectivity index (χ3n) is 3.62. The topological polar surface area (TPSA) is 81.2 Å². The van der Waals surface area contributed by atoms with Gasteiger partial charge in [0, 0.05) is 26.2 Å². The summed E-state index contributed by atoms with van der Waals surface area (Å²) >= 11 is 0. The minimum atomic E-state index is -3.46. The molecule has 0 aromatic carbocycles. The van der Waals surface area contributed by atoms with Gasteiger partial charge < -0.3 is 5.73 Å². The molecule has 2 N–H and O–H groups in total. The van der Waals surface area contributed by atoms with Crippen LogP contribution in [0.4, 0.5) is 0 Å². The van der Waals surface area contributed by atoms with Gasteiger partial charge in [-0.15, -0.1) is 0 Å². The van der Waals surface area contributed by atoms with E-state index in [2.05, 4.69) is 5.10 Å². The molecule has 1 fully saturated rings. The summed E-state index contributed by atoms with van der Waals surface area (Å²) in [7, 11) is -1.72. The maximum Gasteiger partial charge on any atom is 0.246 e. The second-order valence-corrected chi connectivity index (χ2v) is 6.58. The van der Waals surface area contributed by atoms with E-state index < -0.39 is 10.0 Å². The first-order chi connectivity index (χ1) is 8.48. The number of nitrogens with two attached hydrogens (primary N) is 1. The highest BCUT2D eigenvalue weighted by Gasteiger charge is 2.34. The van der Waals surface area contributed by atoms with Gasteiger partial charge in [-0.25, -0.2) is 8.42 Å². The highest BCUT2D eigenvalue weighted by atomic mass is 32.2. The summed E-state index contributed by atoms with van der Waals surface area (Å²) in [4.78, 5) is 0.297. The van der Waals surface area contributed by atoms with E-state index in [1.165, 1.54) is 6.20 Å². The number of hydrogen-bond acceptors (Lipinski definition) is 4. The number of aromatic nitrogens is 2. The Kier molecular flexibility index (Phi) is 3.74. The maximum absolute atomic E-state index is 12.6. The zero-order chi connectivity index (χ0) is 13.3.